The number of hydrogen-bond acceptors (Lipinski definition) is 6. The molecule has 0 aromatic rings. The number of ketones is 2. The summed E-state index contributed by atoms with van der Waals surface area (Å²) in [5.41, 5.74) is -6.74. The summed E-state index contributed by atoms with van der Waals surface area (Å²) in [6, 6.07) is 0. The summed E-state index contributed by atoms with van der Waals surface area (Å²) in [6.45, 7) is 5.16. The van der Waals surface area contributed by atoms with Crippen LogP contribution < -0.4 is 0 Å². The first-order chi connectivity index (χ1) is 14.8. The van der Waals surface area contributed by atoms with E-state index in [2.05, 4.69) is 0 Å². The Balaban J connectivity index is 1.89. The van der Waals surface area contributed by atoms with Crippen LogP contribution >= 0.6 is 0 Å². The molecule has 0 radical (unpaired) electrons. The Labute approximate surface area is 185 Å². The van der Waals surface area contributed by atoms with Crippen molar-refractivity contribution in [1.29, 1.82) is 0 Å². The van der Waals surface area contributed by atoms with E-state index in [4.69, 9.17) is 4.74 Å². The van der Waals surface area contributed by atoms with E-state index in [9.17, 15) is 24.6 Å². The predicted octanol–water partition coefficient (Wildman–Crippen LogP) is 2.41. The van der Waals surface area contributed by atoms with Gasteiger partial charge in [-0.1, -0.05) is 19.9 Å². The zero-order valence-corrected chi connectivity index (χ0v) is 18.7. The first-order valence-corrected chi connectivity index (χ1v) is 11.1. The molecule has 9 atom stereocenters. The monoisotopic (exact) mass is 452 g/mol. The van der Waals surface area contributed by atoms with Crippen molar-refractivity contribution in [2.75, 3.05) is 6.61 Å². The molecule has 0 aromatic carbocycles. The highest BCUT2D eigenvalue weighted by molar-refractivity contribution is 6.01. The number of carbonyl (C=O) groups excluding carboxylic acids is 3. The maximum Gasteiger partial charge on any atom is 0.303 e. The molecule has 176 valence electrons. The fourth-order valence-corrected chi connectivity index (χ4v) is 7.74. The van der Waals surface area contributed by atoms with Crippen LogP contribution in [0.3, 0.4) is 0 Å². The third kappa shape index (κ3) is 2.54. The number of fused-ring (bicyclic) bond motifs is 5. The van der Waals surface area contributed by atoms with Crippen LogP contribution in [0.25, 0.3) is 0 Å². The van der Waals surface area contributed by atoms with Gasteiger partial charge in [0.2, 0.25) is 5.78 Å². The van der Waals surface area contributed by atoms with E-state index < -0.39 is 76.3 Å². The minimum atomic E-state index is -2.28. The van der Waals surface area contributed by atoms with E-state index in [1.807, 2.05) is 0 Å². The standard InChI is InChI=1S/C24H30F2O6/c1-12-7-15-16-9-18(25)17-8-14(29)5-6-21(17,3)23(16,26)19(30)10-22(15,4)24(12,20(31)11-27)32-13(2)28/h5-6,8,12,15-16,18-19,27,30H,7,9-11H2,1-4H3/t12-,15+,16+,18+,19+,21+,22+,23+,24+/m1/s1. The second kappa shape index (κ2) is 7.03. The molecule has 0 heterocycles. The van der Waals surface area contributed by atoms with Crippen molar-refractivity contribution in [3.8, 4) is 0 Å². The highest BCUT2D eigenvalue weighted by Gasteiger charge is 2.77. The van der Waals surface area contributed by atoms with Crippen molar-refractivity contribution in [3.63, 3.8) is 0 Å². The van der Waals surface area contributed by atoms with Crippen LogP contribution in [-0.4, -0.2) is 57.9 Å². The normalized spacial score (nSPS) is 49.6. The molecule has 0 spiro atoms. The van der Waals surface area contributed by atoms with Gasteiger partial charge in [0.15, 0.2) is 17.1 Å². The lowest BCUT2D eigenvalue weighted by Crippen LogP contribution is -2.71. The summed E-state index contributed by atoms with van der Waals surface area (Å²) in [7, 11) is 0. The first kappa shape index (κ1) is 23.2. The Morgan fingerprint density at radius 2 is 1.91 bits per heavy atom. The van der Waals surface area contributed by atoms with E-state index in [1.165, 1.54) is 19.1 Å². The second-order valence-corrected chi connectivity index (χ2v) is 10.4. The maximum absolute atomic E-state index is 17.1. The topological polar surface area (TPSA) is 101 Å². The third-order valence-electron chi connectivity index (χ3n) is 9.03. The molecule has 3 fully saturated rings. The van der Waals surface area contributed by atoms with Gasteiger partial charge in [0.25, 0.3) is 0 Å². The van der Waals surface area contributed by atoms with Gasteiger partial charge in [0, 0.05) is 29.6 Å². The average molecular weight is 452 g/mol. The summed E-state index contributed by atoms with van der Waals surface area (Å²) in [6.07, 6.45) is 0.273. The Morgan fingerprint density at radius 3 is 2.50 bits per heavy atom. The highest BCUT2D eigenvalue weighted by Crippen LogP contribution is 2.71. The molecule has 0 bridgehead atoms. The third-order valence-corrected chi connectivity index (χ3v) is 9.03. The van der Waals surface area contributed by atoms with E-state index in [0.717, 1.165) is 13.0 Å². The number of aliphatic hydroxyl groups is 2. The van der Waals surface area contributed by atoms with Gasteiger partial charge in [-0.15, -0.1) is 0 Å². The number of allylic oxidation sites excluding steroid dienone is 4. The van der Waals surface area contributed by atoms with Gasteiger partial charge in [0.05, 0.1) is 6.10 Å². The molecule has 0 amide bonds. The van der Waals surface area contributed by atoms with Crippen LogP contribution in [-0.2, 0) is 19.1 Å². The molecule has 0 unspecified atom stereocenters. The van der Waals surface area contributed by atoms with Crippen LogP contribution in [0, 0.1) is 28.6 Å². The fraction of sp³-hybridized carbons (Fsp3) is 0.708. The number of esters is 1. The Kier molecular flexibility index (Phi) is 5.11. The zero-order valence-electron chi connectivity index (χ0n) is 18.7. The van der Waals surface area contributed by atoms with Crippen LogP contribution in [0.1, 0.15) is 47.0 Å². The van der Waals surface area contributed by atoms with Crippen molar-refractivity contribution in [2.45, 2.75) is 70.5 Å². The molecular weight excluding hydrogens is 422 g/mol. The number of halogens is 2. The van der Waals surface area contributed by atoms with E-state index in [-0.39, 0.29) is 24.8 Å². The van der Waals surface area contributed by atoms with Crippen LogP contribution in [0.15, 0.2) is 23.8 Å². The van der Waals surface area contributed by atoms with Crippen molar-refractivity contribution in [2.24, 2.45) is 28.6 Å². The Bertz CT molecular complexity index is 945. The van der Waals surface area contributed by atoms with Gasteiger partial charge in [0.1, 0.15) is 12.8 Å². The highest BCUT2D eigenvalue weighted by atomic mass is 19.1. The van der Waals surface area contributed by atoms with Crippen LogP contribution in [0.4, 0.5) is 8.78 Å². The average Bonchev–Trinajstić information content (AvgIpc) is 2.92. The summed E-state index contributed by atoms with van der Waals surface area (Å²) in [5.74, 6) is -3.99. The number of aliphatic hydroxyl groups excluding tert-OH is 2. The lowest BCUT2D eigenvalue weighted by atomic mass is 9.44. The van der Waals surface area contributed by atoms with Gasteiger partial charge in [-0.3, -0.25) is 14.4 Å². The van der Waals surface area contributed by atoms with Crippen molar-refractivity contribution >= 4 is 17.5 Å². The van der Waals surface area contributed by atoms with Crippen molar-refractivity contribution in [3.05, 3.63) is 23.8 Å². The number of alkyl halides is 2. The maximum atomic E-state index is 17.1. The number of carbonyl (C=O) groups is 3. The summed E-state index contributed by atoms with van der Waals surface area (Å²) >= 11 is 0. The number of rotatable bonds is 3. The quantitative estimate of drug-likeness (QED) is 0.638. The molecule has 0 saturated heterocycles. The smallest absolute Gasteiger partial charge is 0.303 e. The van der Waals surface area contributed by atoms with Gasteiger partial charge < -0.3 is 14.9 Å². The molecule has 0 aromatic heterocycles. The molecule has 4 rings (SSSR count). The molecule has 6 nitrogen and oxygen atoms in total. The van der Waals surface area contributed by atoms with Gasteiger partial charge in [-0.25, -0.2) is 8.78 Å². The lowest BCUT2D eigenvalue weighted by Gasteiger charge is -2.63. The zero-order chi connectivity index (χ0) is 23.9. The van der Waals surface area contributed by atoms with Crippen LogP contribution in [0.5, 0.6) is 0 Å². The number of ether oxygens (including phenoxy) is 1. The fourth-order valence-electron chi connectivity index (χ4n) is 7.74. The number of Topliss-reactive ketones (excluding diaryl/α,β-unsaturated/α-hetero) is 1. The van der Waals surface area contributed by atoms with Crippen molar-refractivity contribution < 1.29 is 38.1 Å². The van der Waals surface area contributed by atoms with Crippen LogP contribution in [0.2, 0.25) is 0 Å². The van der Waals surface area contributed by atoms with Gasteiger partial charge >= 0.3 is 5.97 Å². The Hall–Kier alpha value is -1.93. The molecule has 4 aliphatic rings. The van der Waals surface area contributed by atoms with Gasteiger partial charge in [-0.05, 0) is 49.8 Å². The predicted molar refractivity (Wildman–Crippen MR) is 110 cm³/mol. The molecule has 4 aliphatic carbocycles. The number of hydrogen-bond donors (Lipinski definition) is 2. The van der Waals surface area contributed by atoms with E-state index >= 15 is 8.78 Å². The van der Waals surface area contributed by atoms with E-state index in [1.54, 1.807) is 13.8 Å². The lowest BCUT2D eigenvalue weighted by molar-refractivity contribution is -0.231. The summed E-state index contributed by atoms with van der Waals surface area (Å²) in [5, 5.41) is 21.0. The molecule has 8 heteroatoms. The minimum Gasteiger partial charge on any atom is -0.450 e. The SMILES string of the molecule is CC(=O)O[C@]1(C(=O)CO)[C@H](C)C[C@H]2[C@@H]3C[C@H](F)C4=CC(=O)C=C[C@]4(C)[C@@]3(F)[C@@H](O)C[C@@]21C. The Morgan fingerprint density at radius 1 is 1.25 bits per heavy atom. The van der Waals surface area contributed by atoms with Gasteiger partial charge in [-0.2, -0.15) is 0 Å². The summed E-state index contributed by atoms with van der Waals surface area (Å²) < 4.78 is 38.1. The molecule has 32 heavy (non-hydrogen) atoms. The molecular formula is C24H30F2O6. The largest absolute Gasteiger partial charge is 0.450 e. The van der Waals surface area contributed by atoms with E-state index in [0.29, 0.717) is 0 Å². The van der Waals surface area contributed by atoms with Crippen molar-refractivity contribution in [1.82, 2.24) is 0 Å². The summed E-state index contributed by atoms with van der Waals surface area (Å²) in [4.78, 5) is 37.0. The second-order valence-electron chi connectivity index (χ2n) is 10.4. The minimum absolute atomic E-state index is 0.0233. The molecule has 0 aliphatic heterocycles. The molecule has 3 saturated carbocycles. The molecule has 2 N–H and O–H groups in total. The first-order valence-electron chi connectivity index (χ1n) is 11.1.